The van der Waals surface area contributed by atoms with E-state index in [1.165, 1.54) is 30.4 Å². The van der Waals surface area contributed by atoms with Gasteiger partial charge in [0.15, 0.2) is 5.11 Å². The van der Waals surface area contributed by atoms with Gasteiger partial charge in [0.05, 0.1) is 4.92 Å². The zero-order valence-corrected chi connectivity index (χ0v) is 12.9. The number of benzene rings is 1. The molecular formula is C15H13N3O4S. The van der Waals surface area contributed by atoms with E-state index in [4.69, 9.17) is 16.6 Å². The Balaban J connectivity index is 1.91. The predicted octanol–water partition coefficient (Wildman–Crippen LogP) is 3.02. The van der Waals surface area contributed by atoms with Crippen LogP contribution in [0.3, 0.4) is 0 Å². The first-order chi connectivity index (χ1) is 10.9. The van der Waals surface area contributed by atoms with Crippen molar-refractivity contribution in [1.29, 1.82) is 0 Å². The fraction of sp³-hybridized carbons (Fsp3) is 0.0667. The second-order valence-corrected chi connectivity index (χ2v) is 4.94. The number of hydrogen-bond acceptors (Lipinski definition) is 5. The summed E-state index contributed by atoms with van der Waals surface area (Å²) in [5.74, 6) is 0.852. The normalized spacial score (nSPS) is 10.5. The molecule has 1 heterocycles. The number of anilines is 1. The number of furan rings is 1. The average Bonchev–Trinajstić information content (AvgIpc) is 2.91. The SMILES string of the molecule is Cc1ccc(/C=C/C(=O)NC(=S)Nc2cccc([N+](=O)[O-])c2)o1. The first kappa shape index (κ1) is 16.4. The van der Waals surface area contributed by atoms with Crippen LogP contribution in [0.1, 0.15) is 11.5 Å². The zero-order chi connectivity index (χ0) is 16.8. The lowest BCUT2D eigenvalue weighted by atomic mass is 10.3. The number of amides is 1. The fourth-order valence-corrected chi connectivity index (χ4v) is 1.93. The van der Waals surface area contributed by atoms with Gasteiger partial charge in [-0.05, 0) is 43.4 Å². The molecule has 0 atom stereocenters. The number of nitrogens with one attached hydrogen (secondary N) is 2. The largest absolute Gasteiger partial charge is 0.462 e. The van der Waals surface area contributed by atoms with E-state index < -0.39 is 10.8 Å². The Hall–Kier alpha value is -3.00. The molecule has 1 aromatic carbocycles. The molecule has 7 nitrogen and oxygen atoms in total. The van der Waals surface area contributed by atoms with E-state index in [-0.39, 0.29) is 10.8 Å². The van der Waals surface area contributed by atoms with Gasteiger partial charge in [-0.25, -0.2) is 0 Å². The number of carbonyl (C=O) groups excluding carboxylic acids is 1. The highest BCUT2D eigenvalue weighted by atomic mass is 32.1. The molecule has 2 rings (SSSR count). The van der Waals surface area contributed by atoms with E-state index >= 15 is 0 Å². The van der Waals surface area contributed by atoms with Crippen LogP contribution in [0.4, 0.5) is 11.4 Å². The van der Waals surface area contributed by atoms with Gasteiger partial charge in [-0.2, -0.15) is 0 Å². The second kappa shape index (κ2) is 7.32. The summed E-state index contributed by atoms with van der Waals surface area (Å²) in [6.45, 7) is 1.80. The average molecular weight is 331 g/mol. The summed E-state index contributed by atoms with van der Waals surface area (Å²) in [6.07, 6.45) is 2.79. The zero-order valence-electron chi connectivity index (χ0n) is 12.1. The first-order valence-electron chi connectivity index (χ1n) is 6.55. The fourth-order valence-electron chi connectivity index (χ4n) is 1.71. The number of hydrogen-bond donors (Lipinski definition) is 2. The van der Waals surface area contributed by atoms with Gasteiger partial charge in [-0.3, -0.25) is 20.2 Å². The number of nitro benzene ring substituents is 1. The van der Waals surface area contributed by atoms with Crippen LogP contribution in [0.5, 0.6) is 0 Å². The van der Waals surface area contributed by atoms with Crippen molar-refractivity contribution in [3.8, 4) is 0 Å². The van der Waals surface area contributed by atoms with Crippen molar-refractivity contribution in [2.75, 3.05) is 5.32 Å². The minimum Gasteiger partial charge on any atom is -0.462 e. The predicted molar refractivity (Wildman–Crippen MR) is 89.9 cm³/mol. The van der Waals surface area contributed by atoms with Gasteiger partial charge < -0.3 is 9.73 Å². The van der Waals surface area contributed by atoms with Crippen molar-refractivity contribution >= 4 is 40.7 Å². The van der Waals surface area contributed by atoms with Gasteiger partial charge in [0.2, 0.25) is 5.91 Å². The molecule has 0 saturated carbocycles. The maximum absolute atomic E-state index is 11.7. The molecule has 118 valence electrons. The number of aryl methyl sites for hydroxylation is 1. The van der Waals surface area contributed by atoms with Gasteiger partial charge in [0, 0.05) is 23.9 Å². The molecule has 1 amide bonds. The van der Waals surface area contributed by atoms with Crippen molar-refractivity contribution in [3.63, 3.8) is 0 Å². The Bertz CT molecular complexity index is 783. The lowest BCUT2D eigenvalue weighted by Crippen LogP contribution is -2.32. The molecule has 0 radical (unpaired) electrons. The highest BCUT2D eigenvalue weighted by molar-refractivity contribution is 7.80. The van der Waals surface area contributed by atoms with E-state index in [9.17, 15) is 14.9 Å². The van der Waals surface area contributed by atoms with Crippen LogP contribution in [-0.4, -0.2) is 15.9 Å². The molecule has 0 aliphatic carbocycles. The van der Waals surface area contributed by atoms with E-state index in [0.717, 1.165) is 5.76 Å². The Morgan fingerprint density at radius 1 is 1.35 bits per heavy atom. The summed E-state index contributed by atoms with van der Waals surface area (Å²) in [7, 11) is 0. The van der Waals surface area contributed by atoms with Gasteiger partial charge in [0.1, 0.15) is 11.5 Å². The van der Waals surface area contributed by atoms with E-state index in [1.54, 1.807) is 25.1 Å². The maximum Gasteiger partial charge on any atom is 0.271 e. The summed E-state index contributed by atoms with van der Waals surface area (Å²) in [5.41, 5.74) is 0.340. The van der Waals surface area contributed by atoms with Crippen LogP contribution in [0.25, 0.3) is 6.08 Å². The Kier molecular flexibility index (Phi) is 5.21. The number of thiocarbonyl (C=S) groups is 1. The van der Waals surface area contributed by atoms with Crippen molar-refractivity contribution in [1.82, 2.24) is 5.32 Å². The molecule has 0 unspecified atom stereocenters. The monoisotopic (exact) mass is 331 g/mol. The quantitative estimate of drug-likeness (QED) is 0.387. The van der Waals surface area contributed by atoms with Crippen LogP contribution in [0.15, 0.2) is 46.9 Å². The molecular weight excluding hydrogens is 318 g/mol. The van der Waals surface area contributed by atoms with Crippen LogP contribution in [0, 0.1) is 17.0 Å². The van der Waals surface area contributed by atoms with Gasteiger partial charge >= 0.3 is 0 Å². The highest BCUT2D eigenvalue weighted by Gasteiger charge is 2.07. The van der Waals surface area contributed by atoms with Crippen molar-refractivity contribution in [2.24, 2.45) is 0 Å². The third kappa shape index (κ3) is 5.04. The van der Waals surface area contributed by atoms with Crippen molar-refractivity contribution in [3.05, 3.63) is 64.1 Å². The molecule has 2 aromatic rings. The topological polar surface area (TPSA) is 97.4 Å². The first-order valence-corrected chi connectivity index (χ1v) is 6.96. The van der Waals surface area contributed by atoms with E-state index in [0.29, 0.717) is 11.4 Å². The third-order valence-electron chi connectivity index (χ3n) is 2.71. The molecule has 0 bridgehead atoms. The lowest BCUT2D eigenvalue weighted by Gasteiger charge is -2.07. The van der Waals surface area contributed by atoms with E-state index in [2.05, 4.69) is 10.6 Å². The van der Waals surface area contributed by atoms with Gasteiger partial charge in [0.25, 0.3) is 5.69 Å². The molecule has 0 fully saturated rings. The summed E-state index contributed by atoms with van der Waals surface area (Å²) < 4.78 is 5.29. The molecule has 23 heavy (non-hydrogen) atoms. The van der Waals surface area contributed by atoms with Crippen LogP contribution >= 0.6 is 12.2 Å². The Labute approximate surface area is 137 Å². The molecule has 8 heteroatoms. The number of carbonyl (C=O) groups is 1. The molecule has 2 N–H and O–H groups in total. The molecule has 0 saturated heterocycles. The second-order valence-electron chi connectivity index (χ2n) is 4.53. The minimum absolute atomic E-state index is 0.0378. The lowest BCUT2D eigenvalue weighted by molar-refractivity contribution is -0.384. The third-order valence-corrected chi connectivity index (χ3v) is 2.92. The molecule has 0 aliphatic heterocycles. The van der Waals surface area contributed by atoms with Crippen LogP contribution < -0.4 is 10.6 Å². The van der Waals surface area contributed by atoms with E-state index in [1.807, 2.05) is 0 Å². The number of nitro groups is 1. The molecule has 1 aromatic heterocycles. The Morgan fingerprint density at radius 2 is 2.13 bits per heavy atom. The summed E-state index contributed by atoms with van der Waals surface area (Å²) in [4.78, 5) is 21.9. The van der Waals surface area contributed by atoms with Crippen molar-refractivity contribution < 1.29 is 14.1 Å². The standard InChI is InChI=1S/C15H13N3O4S/c1-10-5-6-13(22-10)7-8-14(19)17-15(23)16-11-3-2-4-12(9-11)18(20)21/h2-9H,1H3,(H2,16,17,19,23)/b8-7+. The summed E-state index contributed by atoms with van der Waals surface area (Å²) >= 11 is 4.99. The number of rotatable bonds is 4. The summed E-state index contributed by atoms with van der Waals surface area (Å²) in [6, 6.07) is 9.32. The highest BCUT2D eigenvalue weighted by Crippen LogP contribution is 2.16. The minimum atomic E-state index is -0.513. The van der Waals surface area contributed by atoms with Crippen LogP contribution in [0.2, 0.25) is 0 Å². The van der Waals surface area contributed by atoms with Gasteiger partial charge in [-0.15, -0.1) is 0 Å². The van der Waals surface area contributed by atoms with Gasteiger partial charge in [-0.1, -0.05) is 6.07 Å². The maximum atomic E-state index is 11.7. The summed E-state index contributed by atoms with van der Waals surface area (Å²) in [5, 5.41) is 15.9. The van der Waals surface area contributed by atoms with Crippen molar-refractivity contribution in [2.45, 2.75) is 6.92 Å². The molecule has 0 aliphatic rings. The number of nitrogens with zero attached hydrogens (tertiary/aromatic N) is 1. The number of non-ortho nitro benzene ring substituents is 1. The smallest absolute Gasteiger partial charge is 0.271 e. The molecule has 0 spiro atoms. The Morgan fingerprint density at radius 3 is 2.78 bits per heavy atom. The van der Waals surface area contributed by atoms with Crippen LogP contribution in [-0.2, 0) is 4.79 Å².